The van der Waals surface area contributed by atoms with Gasteiger partial charge in [-0.3, -0.25) is 4.79 Å². The highest BCUT2D eigenvalue weighted by Gasteiger charge is 2.24. The van der Waals surface area contributed by atoms with Crippen LogP contribution in [0.15, 0.2) is 9.85 Å². The summed E-state index contributed by atoms with van der Waals surface area (Å²) in [7, 11) is 0. The number of carbonyl (C=O) groups excluding carboxylic acids is 1. The summed E-state index contributed by atoms with van der Waals surface area (Å²) in [4.78, 5) is 14.8. The molecular weight excluding hydrogens is 300 g/mol. The summed E-state index contributed by atoms with van der Waals surface area (Å²) in [5, 5.41) is 8.82. The summed E-state index contributed by atoms with van der Waals surface area (Å²) < 4.78 is 1.02. The second-order valence-corrected chi connectivity index (χ2v) is 6.63. The van der Waals surface area contributed by atoms with Gasteiger partial charge in [0.15, 0.2) is 0 Å². The molecule has 0 atom stereocenters. The molecule has 0 unspecified atom stereocenters. The van der Waals surface area contributed by atoms with Gasteiger partial charge in [-0.25, -0.2) is 0 Å². The lowest BCUT2D eigenvalue weighted by Crippen LogP contribution is -2.37. The molecule has 3 nitrogen and oxygen atoms in total. The van der Waals surface area contributed by atoms with Crippen LogP contribution in [-0.4, -0.2) is 23.9 Å². The van der Waals surface area contributed by atoms with E-state index in [9.17, 15) is 4.79 Å². The highest BCUT2D eigenvalue weighted by Crippen LogP contribution is 2.29. The standard InChI is InChI=1S/C12H13BrN2OS/c1-8-6-10(17-11(8)13)12(16)15-4-2-9(7-14)3-5-15/h6,9H,2-5H2,1H3. The minimum Gasteiger partial charge on any atom is -0.338 e. The minimum atomic E-state index is 0.0974. The van der Waals surface area contributed by atoms with E-state index in [4.69, 9.17) is 5.26 Å². The highest BCUT2D eigenvalue weighted by atomic mass is 79.9. The van der Waals surface area contributed by atoms with Crippen LogP contribution < -0.4 is 0 Å². The molecule has 17 heavy (non-hydrogen) atoms. The van der Waals surface area contributed by atoms with E-state index in [-0.39, 0.29) is 11.8 Å². The van der Waals surface area contributed by atoms with Crippen molar-refractivity contribution in [2.24, 2.45) is 5.92 Å². The van der Waals surface area contributed by atoms with Gasteiger partial charge in [-0.2, -0.15) is 5.26 Å². The number of halogens is 1. The Bertz CT molecular complexity index is 450. The summed E-state index contributed by atoms with van der Waals surface area (Å²) in [5.74, 6) is 0.219. The molecule has 1 aromatic heterocycles. The van der Waals surface area contributed by atoms with E-state index in [1.165, 1.54) is 11.3 Å². The Hall–Kier alpha value is -0.860. The van der Waals surface area contributed by atoms with Crippen molar-refractivity contribution in [3.05, 3.63) is 20.3 Å². The predicted octanol–water partition coefficient (Wildman–Crippen LogP) is 3.19. The number of piperidine rings is 1. The monoisotopic (exact) mass is 312 g/mol. The van der Waals surface area contributed by atoms with Gasteiger partial charge in [0.1, 0.15) is 0 Å². The first kappa shape index (κ1) is 12.6. The molecule has 1 aliphatic rings. The molecule has 0 radical (unpaired) electrons. The molecule has 90 valence electrons. The fourth-order valence-corrected chi connectivity index (χ4v) is 3.44. The summed E-state index contributed by atoms with van der Waals surface area (Å²) in [5.41, 5.74) is 1.10. The van der Waals surface area contributed by atoms with Crippen molar-refractivity contribution in [3.8, 4) is 6.07 Å². The Morgan fingerprint density at radius 3 is 2.71 bits per heavy atom. The Kier molecular flexibility index (Phi) is 3.85. The third-order valence-corrected chi connectivity index (χ3v) is 5.16. The summed E-state index contributed by atoms with van der Waals surface area (Å²) in [6, 6.07) is 4.20. The molecule has 1 aromatic rings. The van der Waals surface area contributed by atoms with E-state index < -0.39 is 0 Å². The van der Waals surface area contributed by atoms with Crippen molar-refractivity contribution >= 4 is 33.2 Å². The molecule has 1 saturated heterocycles. The van der Waals surface area contributed by atoms with Crippen LogP contribution in [0.2, 0.25) is 0 Å². The highest BCUT2D eigenvalue weighted by molar-refractivity contribution is 9.11. The van der Waals surface area contributed by atoms with E-state index in [1.54, 1.807) is 0 Å². The predicted molar refractivity (Wildman–Crippen MR) is 71.0 cm³/mol. The smallest absolute Gasteiger partial charge is 0.263 e. The van der Waals surface area contributed by atoms with Crippen molar-refractivity contribution in [1.82, 2.24) is 4.90 Å². The third kappa shape index (κ3) is 2.70. The second-order valence-electron chi connectivity index (χ2n) is 4.26. The van der Waals surface area contributed by atoms with Gasteiger partial charge < -0.3 is 4.90 Å². The molecule has 2 rings (SSSR count). The van der Waals surface area contributed by atoms with Crippen molar-refractivity contribution in [3.63, 3.8) is 0 Å². The molecule has 1 aliphatic heterocycles. The number of thiophene rings is 1. The fourth-order valence-electron chi connectivity index (χ4n) is 1.93. The van der Waals surface area contributed by atoms with Crippen LogP contribution in [0.1, 0.15) is 28.1 Å². The second kappa shape index (κ2) is 5.19. The van der Waals surface area contributed by atoms with Crippen LogP contribution in [0.4, 0.5) is 0 Å². The topological polar surface area (TPSA) is 44.1 Å². The van der Waals surface area contributed by atoms with Crippen LogP contribution in [-0.2, 0) is 0 Å². The number of hydrogen-bond donors (Lipinski definition) is 0. The van der Waals surface area contributed by atoms with Crippen LogP contribution in [0, 0.1) is 24.2 Å². The van der Waals surface area contributed by atoms with E-state index in [2.05, 4.69) is 22.0 Å². The van der Waals surface area contributed by atoms with Gasteiger partial charge in [0.25, 0.3) is 5.91 Å². The van der Waals surface area contributed by atoms with Crippen molar-refractivity contribution in [2.75, 3.05) is 13.1 Å². The Morgan fingerprint density at radius 1 is 1.59 bits per heavy atom. The Labute approximate surface area is 113 Å². The molecule has 0 spiro atoms. The first-order valence-corrected chi connectivity index (χ1v) is 7.17. The molecule has 0 aliphatic carbocycles. The molecule has 1 fully saturated rings. The quantitative estimate of drug-likeness (QED) is 0.799. The number of amides is 1. The average Bonchev–Trinajstić information content (AvgIpc) is 2.69. The Balaban J connectivity index is 2.04. The number of rotatable bonds is 1. The zero-order valence-electron chi connectivity index (χ0n) is 9.57. The average molecular weight is 313 g/mol. The largest absolute Gasteiger partial charge is 0.338 e. The van der Waals surface area contributed by atoms with Gasteiger partial charge in [-0.1, -0.05) is 0 Å². The maximum absolute atomic E-state index is 12.2. The molecule has 0 bridgehead atoms. The summed E-state index contributed by atoms with van der Waals surface area (Å²) in [6.45, 7) is 3.39. The van der Waals surface area contributed by atoms with Crippen molar-refractivity contribution in [1.29, 1.82) is 5.26 Å². The molecule has 1 amide bonds. The third-order valence-electron chi connectivity index (χ3n) is 3.03. The maximum atomic E-state index is 12.2. The Morgan fingerprint density at radius 2 is 2.24 bits per heavy atom. The van der Waals surface area contributed by atoms with Gasteiger partial charge in [0.05, 0.1) is 14.7 Å². The number of likely N-dealkylation sites (tertiary alicyclic amines) is 1. The zero-order chi connectivity index (χ0) is 12.4. The van der Waals surface area contributed by atoms with Gasteiger partial charge in [-0.05, 0) is 47.3 Å². The molecule has 2 heterocycles. The zero-order valence-corrected chi connectivity index (χ0v) is 12.0. The minimum absolute atomic E-state index is 0.0974. The lowest BCUT2D eigenvalue weighted by molar-refractivity contribution is 0.0712. The van der Waals surface area contributed by atoms with E-state index in [0.29, 0.717) is 13.1 Å². The number of nitrogens with zero attached hydrogens (tertiary/aromatic N) is 2. The number of aryl methyl sites for hydroxylation is 1. The molecule has 0 N–H and O–H groups in total. The van der Waals surface area contributed by atoms with E-state index >= 15 is 0 Å². The number of hydrogen-bond acceptors (Lipinski definition) is 3. The van der Waals surface area contributed by atoms with E-state index in [0.717, 1.165) is 27.1 Å². The van der Waals surface area contributed by atoms with Crippen LogP contribution in [0.5, 0.6) is 0 Å². The molecule has 0 saturated carbocycles. The number of carbonyl (C=O) groups is 1. The number of nitriles is 1. The first-order valence-electron chi connectivity index (χ1n) is 5.56. The SMILES string of the molecule is Cc1cc(C(=O)N2CCC(C#N)CC2)sc1Br. The van der Waals surface area contributed by atoms with E-state index in [1.807, 2.05) is 17.9 Å². The van der Waals surface area contributed by atoms with Gasteiger partial charge in [0.2, 0.25) is 0 Å². The van der Waals surface area contributed by atoms with Crippen LogP contribution >= 0.6 is 27.3 Å². The van der Waals surface area contributed by atoms with Crippen LogP contribution in [0.3, 0.4) is 0 Å². The molecule has 5 heteroatoms. The van der Waals surface area contributed by atoms with Gasteiger partial charge >= 0.3 is 0 Å². The lowest BCUT2D eigenvalue weighted by atomic mass is 9.98. The lowest BCUT2D eigenvalue weighted by Gasteiger charge is -2.28. The summed E-state index contributed by atoms with van der Waals surface area (Å²) >= 11 is 4.92. The molecule has 0 aromatic carbocycles. The first-order chi connectivity index (χ1) is 8.11. The normalized spacial score (nSPS) is 16.9. The molecular formula is C12H13BrN2OS. The summed E-state index contributed by atoms with van der Waals surface area (Å²) in [6.07, 6.45) is 1.60. The van der Waals surface area contributed by atoms with Crippen LogP contribution in [0.25, 0.3) is 0 Å². The van der Waals surface area contributed by atoms with Gasteiger partial charge in [-0.15, -0.1) is 11.3 Å². The van der Waals surface area contributed by atoms with Crippen molar-refractivity contribution in [2.45, 2.75) is 19.8 Å². The van der Waals surface area contributed by atoms with Gasteiger partial charge in [0, 0.05) is 19.0 Å². The fraction of sp³-hybridized carbons (Fsp3) is 0.500. The maximum Gasteiger partial charge on any atom is 0.263 e. The van der Waals surface area contributed by atoms with Crippen molar-refractivity contribution < 1.29 is 4.79 Å².